The van der Waals surface area contributed by atoms with Gasteiger partial charge in [0.2, 0.25) is 0 Å². The van der Waals surface area contributed by atoms with E-state index in [4.69, 9.17) is 4.74 Å². The van der Waals surface area contributed by atoms with Gasteiger partial charge in [0.25, 0.3) is 0 Å². The highest BCUT2D eigenvalue weighted by molar-refractivity contribution is 7.10. The fourth-order valence-electron chi connectivity index (χ4n) is 2.76. The molecule has 0 aliphatic rings. The summed E-state index contributed by atoms with van der Waals surface area (Å²) in [6, 6.07) is 11.8. The molecule has 0 saturated carbocycles. The Labute approximate surface area is 148 Å². The lowest BCUT2D eigenvalue weighted by Crippen LogP contribution is -2.37. The summed E-state index contributed by atoms with van der Waals surface area (Å²) in [7, 11) is 1.62. The molecule has 2 aromatic rings. The Morgan fingerprint density at radius 1 is 1.21 bits per heavy atom. The monoisotopic (exact) mass is 346 g/mol. The minimum Gasteiger partial charge on any atom is -0.497 e. The van der Waals surface area contributed by atoms with Gasteiger partial charge in [-0.05, 0) is 48.8 Å². The quantitative estimate of drug-likeness (QED) is 0.667. The minimum atomic E-state index is 0.0992. The number of methoxy groups -OCH3 is 1. The standard InChI is InChI=1S/C19H26N2O2S/c1-4-21(5-2)17(19-7-6-12-24-19)13-20-14-18(22)15-8-10-16(23-3)11-9-15/h6-12,17,20H,4-5,13-14H2,1-3H3. The van der Waals surface area contributed by atoms with Gasteiger partial charge in [-0.15, -0.1) is 11.3 Å². The number of nitrogens with one attached hydrogen (secondary N) is 1. The van der Waals surface area contributed by atoms with Crippen LogP contribution in [0, 0.1) is 0 Å². The molecule has 24 heavy (non-hydrogen) atoms. The largest absolute Gasteiger partial charge is 0.497 e. The lowest BCUT2D eigenvalue weighted by atomic mass is 10.1. The number of likely N-dealkylation sites (N-methyl/N-ethyl adjacent to an activating group) is 1. The van der Waals surface area contributed by atoms with Gasteiger partial charge in [-0.25, -0.2) is 0 Å². The van der Waals surface area contributed by atoms with Gasteiger partial charge < -0.3 is 10.1 Å². The first-order valence-electron chi connectivity index (χ1n) is 8.35. The number of benzene rings is 1. The molecule has 1 N–H and O–H groups in total. The molecule has 130 valence electrons. The molecule has 2 rings (SSSR count). The molecule has 1 unspecified atom stereocenters. The third-order valence-corrected chi connectivity index (χ3v) is 5.13. The highest BCUT2D eigenvalue weighted by Crippen LogP contribution is 2.24. The van der Waals surface area contributed by atoms with Crippen molar-refractivity contribution in [2.45, 2.75) is 19.9 Å². The number of rotatable bonds is 10. The van der Waals surface area contributed by atoms with Crippen molar-refractivity contribution in [2.24, 2.45) is 0 Å². The van der Waals surface area contributed by atoms with E-state index in [9.17, 15) is 4.79 Å². The van der Waals surface area contributed by atoms with E-state index in [1.807, 2.05) is 24.3 Å². The van der Waals surface area contributed by atoms with Crippen molar-refractivity contribution < 1.29 is 9.53 Å². The van der Waals surface area contributed by atoms with E-state index in [-0.39, 0.29) is 5.78 Å². The van der Waals surface area contributed by atoms with Gasteiger partial charge in [0, 0.05) is 17.0 Å². The van der Waals surface area contributed by atoms with E-state index in [1.54, 1.807) is 18.4 Å². The first-order chi connectivity index (χ1) is 11.7. The average molecular weight is 346 g/mol. The maximum absolute atomic E-state index is 12.3. The Kier molecular flexibility index (Phi) is 7.43. The van der Waals surface area contributed by atoms with Crippen LogP contribution in [0.3, 0.4) is 0 Å². The molecule has 1 aromatic heterocycles. The molecule has 5 heteroatoms. The molecule has 0 aliphatic heterocycles. The Bertz CT molecular complexity index is 607. The van der Waals surface area contributed by atoms with Crippen LogP contribution in [0.5, 0.6) is 5.75 Å². The van der Waals surface area contributed by atoms with E-state index in [0.717, 1.165) is 25.4 Å². The maximum atomic E-state index is 12.3. The van der Waals surface area contributed by atoms with Crippen LogP contribution in [0.1, 0.15) is 35.1 Å². The normalized spacial score (nSPS) is 12.3. The van der Waals surface area contributed by atoms with Crippen molar-refractivity contribution in [2.75, 3.05) is 33.3 Å². The average Bonchev–Trinajstić information content (AvgIpc) is 3.15. The molecule has 0 amide bonds. The Morgan fingerprint density at radius 2 is 1.92 bits per heavy atom. The fourth-order valence-corrected chi connectivity index (χ4v) is 3.62. The van der Waals surface area contributed by atoms with Crippen LogP contribution in [0.4, 0.5) is 0 Å². The van der Waals surface area contributed by atoms with Crippen molar-refractivity contribution in [3.05, 3.63) is 52.2 Å². The van der Waals surface area contributed by atoms with E-state index in [0.29, 0.717) is 18.2 Å². The van der Waals surface area contributed by atoms with Gasteiger partial charge in [-0.3, -0.25) is 9.69 Å². The first-order valence-corrected chi connectivity index (χ1v) is 9.23. The van der Waals surface area contributed by atoms with Crippen LogP contribution in [0.25, 0.3) is 0 Å². The van der Waals surface area contributed by atoms with Gasteiger partial charge in [-0.2, -0.15) is 0 Å². The van der Waals surface area contributed by atoms with Crippen molar-refractivity contribution in [3.63, 3.8) is 0 Å². The second-order valence-corrected chi connectivity index (χ2v) is 6.51. The molecular weight excluding hydrogens is 320 g/mol. The third-order valence-electron chi connectivity index (χ3n) is 4.16. The number of carbonyl (C=O) groups excluding carboxylic acids is 1. The number of nitrogens with zero attached hydrogens (tertiary/aromatic N) is 1. The number of ketones is 1. The van der Waals surface area contributed by atoms with Crippen molar-refractivity contribution in [1.82, 2.24) is 10.2 Å². The summed E-state index contributed by atoms with van der Waals surface area (Å²) in [6.07, 6.45) is 0. The summed E-state index contributed by atoms with van der Waals surface area (Å²) < 4.78 is 5.12. The molecule has 1 atom stereocenters. The van der Waals surface area contributed by atoms with Crippen LogP contribution in [-0.2, 0) is 0 Å². The summed E-state index contributed by atoms with van der Waals surface area (Å²) >= 11 is 1.77. The molecule has 0 aliphatic carbocycles. The van der Waals surface area contributed by atoms with Crippen molar-refractivity contribution in [3.8, 4) is 5.75 Å². The zero-order valence-electron chi connectivity index (χ0n) is 14.6. The molecule has 1 aromatic carbocycles. The van der Waals surface area contributed by atoms with Crippen LogP contribution in [0.2, 0.25) is 0 Å². The Hall–Kier alpha value is -1.69. The van der Waals surface area contributed by atoms with Crippen molar-refractivity contribution >= 4 is 17.1 Å². The maximum Gasteiger partial charge on any atom is 0.176 e. The zero-order valence-corrected chi connectivity index (χ0v) is 15.4. The highest BCUT2D eigenvalue weighted by atomic mass is 32.1. The molecule has 0 bridgehead atoms. The summed E-state index contributed by atoms with van der Waals surface area (Å²) in [5, 5.41) is 5.44. The molecule has 0 spiro atoms. The van der Waals surface area contributed by atoms with Crippen LogP contribution in [-0.4, -0.2) is 44.0 Å². The Morgan fingerprint density at radius 3 is 2.46 bits per heavy atom. The zero-order chi connectivity index (χ0) is 17.4. The van der Waals surface area contributed by atoms with Gasteiger partial charge in [-0.1, -0.05) is 19.9 Å². The van der Waals surface area contributed by atoms with Crippen LogP contribution >= 0.6 is 11.3 Å². The predicted molar refractivity (Wildman–Crippen MR) is 100 cm³/mol. The smallest absolute Gasteiger partial charge is 0.176 e. The van der Waals surface area contributed by atoms with Gasteiger partial charge in [0.15, 0.2) is 5.78 Å². The highest BCUT2D eigenvalue weighted by Gasteiger charge is 2.19. The summed E-state index contributed by atoms with van der Waals surface area (Å²) in [6.45, 7) is 7.44. The molecule has 4 nitrogen and oxygen atoms in total. The summed E-state index contributed by atoms with van der Waals surface area (Å²) in [5.74, 6) is 0.862. The molecule has 0 saturated heterocycles. The first kappa shape index (κ1) is 18.6. The third kappa shape index (κ3) is 4.90. The van der Waals surface area contributed by atoms with E-state index in [2.05, 4.69) is 41.6 Å². The number of thiophene rings is 1. The molecular formula is C19H26N2O2S. The number of hydrogen-bond acceptors (Lipinski definition) is 5. The number of Topliss-reactive ketones (excluding diaryl/α,β-unsaturated/α-hetero) is 1. The number of carbonyl (C=O) groups is 1. The topological polar surface area (TPSA) is 41.6 Å². The van der Waals surface area contributed by atoms with E-state index in [1.165, 1.54) is 4.88 Å². The van der Waals surface area contributed by atoms with Gasteiger partial charge in [0.05, 0.1) is 19.7 Å². The SMILES string of the molecule is CCN(CC)C(CNCC(=O)c1ccc(OC)cc1)c1cccs1. The second-order valence-electron chi connectivity index (χ2n) is 5.54. The molecule has 0 radical (unpaired) electrons. The van der Waals surface area contributed by atoms with Crippen molar-refractivity contribution in [1.29, 1.82) is 0 Å². The van der Waals surface area contributed by atoms with Crippen LogP contribution in [0.15, 0.2) is 41.8 Å². The summed E-state index contributed by atoms with van der Waals surface area (Å²) in [4.78, 5) is 16.1. The lowest BCUT2D eigenvalue weighted by Gasteiger charge is -2.29. The number of hydrogen-bond donors (Lipinski definition) is 1. The van der Waals surface area contributed by atoms with E-state index >= 15 is 0 Å². The fraction of sp³-hybridized carbons (Fsp3) is 0.421. The van der Waals surface area contributed by atoms with Gasteiger partial charge >= 0.3 is 0 Å². The lowest BCUT2D eigenvalue weighted by molar-refractivity contribution is 0.0987. The van der Waals surface area contributed by atoms with Gasteiger partial charge in [0.1, 0.15) is 5.75 Å². The minimum absolute atomic E-state index is 0.0992. The number of ether oxygens (including phenoxy) is 1. The summed E-state index contributed by atoms with van der Waals surface area (Å²) in [5.41, 5.74) is 0.707. The van der Waals surface area contributed by atoms with Crippen LogP contribution < -0.4 is 10.1 Å². The Balaban J connectivity index is 1.93. The predicted octanol–water partition coefficient (Wildman–Crippen LogP) is 3.61. The molecule has 0 fully saturated rings. The second kappa shape index (κ2) is 9.57. The molecule has 1 heterocycles. The van der Waals surface area contributed by atoms with E-state index < -0.39 is 0 Å².